The first-order valence-electron chi connectivity index (χ1n) is 7.16. The molecule has 2 aromatic carbocycles. The van der Waals surface area contributed by atoms with Crippen LogP contribution < -0.4 is 16.0 Å². The molecule has 2 aromatic rings. The predicted octanol–water partition coefficient (Wildman–Crippen LogP) is 2.90. The summed E-state index contributed by atoms with van der Waals surface area (Å²) in [5.41, 5.74) is 0.583. The number of nitrogens with zero attached hydrogens (tertiary/aromatic N) is 1. The smallest absolute Gasteiger partial charge is 0.293 e. The van der Waals surface area contributed by atoms with Gasteiger partial charge in [-0.05, 0) is 30.3 Å². The second-order valence-corrected chi connectivity index (χ2v) is 5.40. The Hall–Kier alpha value is -3.13. The maximum Gasteiger partial charge on any atom is 0.293 e. The Bertz CT molecular complexity index is 854. The van der Waals surface area contributed by atoms with Crippen molar-refractivity contribution in [1.82, 2.24) is 5.32 Å². The molecule has 2 amide bonds. The summed E-state index contributed by atoms with van der Waals surface area (Å²) in [5.74, 6) is -1.01. The molecule has 2 rings (SSSR count). The molecular weight excluding hydrogens is 348 g/mol. The van der Waals surface area contributed by atoms with Crippen molar-refractivity contribution in [3.63, 3.8) is 0 Å². The molecule has 0 aliphatic carbocycles. The molecule has 130 valence electrons. The second-order valence-electron chi connectivity index (χ2n) is 4.96. The number of hydrogen-bond donors (Lipinski definition) is 3. The lowest BCUT2D eigenvalue weighted by molar-refractivity contribution is -0.384. The van der Waals surface area contributed by atoms with Crippen molar-refractivity contribution >= 4 is 40.5 Å². The first kappa shape index (κ1) is 18.2. The molecule has 3 N–H and O–H groups in total. The highest BCUT2D eigenvalue weighted by molar-refractivity contribution is 6.31. The van der Waals surface area contributed by atoms with Gasteiger partial charge < -0.3 is 16.0 Å². The number of nitro groups is 1. The number of carbonyl (C=O) groups is 2. The Morgan fingerprint density at radius 2 is 1.72 bits per heavy atom. The fourth-order valence-corrected chi connectivity index (χ4v) is 2.35. The summed E-state index contributed by atoms with van der Waals surface area (Å²) in [6.45, 7) is 0. The van der Waals surface area contributed by atoms with Crippen LogP contribution in [0.2, 0.25) is 5.02 Å². The van der Waals surface area contributed by atoms with Crippen LogP contribution in [0.3, 0.4) is 0 Å². The Morgan fingerprint density at radius 3 is 2.32 bits per heavy atom. The maximum atomic E-state index is 12.4. The summed E-state index contributed by atoms with van der Waals surface area (Å²) in [5, 5.41) is 19.2. The highest BCUT2D eigenvalue weighted by atomic mass is 35.5. The summed E-state index contributed by atoms with van der Waals surface area (Å²) in [6, 6.07) is 8.48. The van der Waals surface area contributed by atoms with Crippen LogP contribution in [0.25, 0.3) is 0 Å². The van der Waals surface area contributed by atoms with Crippen LogP contribution in [0, 0.1) is 10.1 Å². The van der Waals surface area contributed by atoms with Crippen molar-refractivity contribution in [3.8, 4) is 0 Å². The zero-order valence-electron chi connectivity index (χ0n) is 13.4. The molecule has 0 aliphatic rings. The number of rotatable bonds is 5. The lowest BCUT2D eigenvalue weighted by Gasteiger charge is -2.11. The van der Waals surface area contributed by atoms with Crippen LogP contribution in [0.15, 0.2) is 36.4 Å². The fourth-order valence-electron chi connectivity index (χ4n) is 2.18. The van der Waals surface area contributed by atoms with E-state index in [1.807, 2.05) is 0 Å². The van der Waals surface area contributed by atoms with Gasteiger partial charge in [0.2, 0.25) is 0 Å². The molecular formula is C16H15ClN4O4. The number of nitro benzene ring substituents is 1. The molecule has 0 aromatic heterocycles. The Morgan fingerprint density at radius 1 is 1.04 bits per heavy atom. The molecule has 0 saturated carbocycles. The second kappa shape index (κ2) is 7.63. The predicted molar refractivity (Wildman–Crippen MR) is 95.4 cm³/mol. The van der Waals surface area contributed by atoms with Crippen molar-refractivity contribution in [3.05, 3.63) is 62.7 Å². The molecule has 0 unspecified atom stereocenters. The highest BCUT2D eigenvalue weighted by Gasteiger charge is 2.18. The van der Waals surface area contributed by atoms with Gasteiger partial charge in [-0.1, -0.05) is 11.6 Å². The van der Waals surface area contributed by atoms with E-state index in [0.717, 1.165) is 6.07 Å². The van der Waals surface area contributed by atoms with Gasteiger partial charge in [-0.25, -0.2) is 0 Å². The molecule has 9 heteroatoms. The van der Waals surface area contributed by atoms with Gasteiger partial charge in [0.1, 0.15) is 5.69 Å². The average molecular weight is 363 g/mol. The Labute approximate surface area is 148 Å². The van der Waals surface area contributed by atoms with Gasteiger partial charge in [-0.3, -0.25) is 19.7 Å². The molecule has 0 bridgehead atoms. The standard InChI is InChI=1S/C16H15ClN4O4/c1-18-13-5-3-9(7-14(13)21(24)25)15(22)20-12-6-4-10(17)8-11(12)16(23)19-2/h3-8,18H,1-2H3,(H,19,23)(H,20,22). The molecule has 0 aliphatic heterocycles. The number of hydrogen-bond acceptors (Lipinski definition) is 5. The van der Waals surface area contributed by atoms with E-state index in [-0.39, 0.29) is 22.5 Å². The third-order valence-electron chi connectivity index (χ3n) is 3.43. The third kappa shape index (κ3) is 4.04. The number of amides is 2. The van der Waals surface area contributed by atoms with Crippen LogP contribution in [-0.4, -0.2) is 30.8 Å². The molecule has 0 heterocycles. The van der Waals surface area contributed by atoms with E-state index >= 15 is 0 Å². The number of nitrogens with one attached hydrogen (secondary N) is 3. The van der Waals surface area contributed by atoms with Gasteiger partial charge in [-0.2, -0.15) is 0 Å². The van der Waals surface area contributed by atoms with E-state index < -0.39 is 16.7 Å². The minimum absolute atomic E-state index is 0.0866. The SMILES string of the molecule is CNC(=O)c1cc(Cl)ccc1NC(=O)c1ccc(NC)c([N+](=O)[O-])c1. The van der Waals surface area contributed by atoms with E-state index in [1.165, 1.54) is 37.4 Å². The molecule has 0 atom stereocenters. The molecule has 8 nitrogen and oxygen atoms in total. The Kier molecular flexibility index (Phi) is 5.56. The van der Waals surface area contributed by atoms with E-state index in [0.29, 0.717) is 10.7 Å². The maximum absolute atomic E-state index is 12.4. The van der Waals surface area contributed by atoms with Crippen LogP contribution >= 0.6 is 11.6 Å². The summed E-state index contributed by atoms with van der Waals surface area (Å²) in [4.78, 5) is 34.8. The van der Waals surface area contributed by atoms with Gasteiger partial charge in [0.05, 0.1) is 16.2 Å². The quantitative estimate of drug-likeness (QED) is 0.559. The molecule has 0 fully saturated rings. The van der Waals surface area contributed by atoms with Crippen molar-refractivity contribution in [2.45, 2.75) is 0 Å². The minimum Gasteiger partial charge on any atom is -0.383 e. The summed E-state index contributed by atoms with van der Waals surface area (Å²) >= 11 is 5.89. The topological polar surface area (TPSA) is 113 Å². The van der Waals surface area contributed by atoms with E-state index in [2.05, 4.69) is 16.0 Å². The van der Waals surface area contributed by atoms with Crippen molar-refractivity contribution in [2.75, 3.05) is 24.7 Å². The van der Waals surface area contributed by atoms with Crippen LogP contribution in [0.4, 0.5) is 17.1 Å². The number of halogens is 1. The number of benzene rings is 2. The van der Waals surface area contributed by atoms with Gasteiger partial charge in [0.15, 0.2) is 0 Å². The summed E-state index contributed by atoms with van der Waals surface area (Å²) < 4.78 is 0. The minimum atomic E-state index is -0.585. The van der Waals surface area contributed by atoms with Gasteiger partial charge in [0.25, 0.3) is 17.5 Å². The first-order chi connectivity index (χ1) is 11.9. The van der Waals surface area contributed by atoms with E-state index in [4.69, 9.17) is 11.6 Å². The normalized spacial score (nSPS) is 10.0. The summed E-state index contributed by atoms with van der Waals surface area (Å²) in [6.07, 6.45) is 0. The molecule has 0 radical (unpaired) electrons. The van der Waals surface area contributed by atoms with Crippen molar-refractivity contribution in [2.24, 2.45) is 0 Å². The van der Waals surface area contributed by atoms with Crippen LogP contribution in [0.5, 0.6) is 0 Å². The van der Waals surface area contributed by atoms with E-state index in [1.54, 1.807) is 7.05 Å². The zero-order valence-corrected chi connectivity index (χ0v) is 14.2. The van der Waals surface area contributed by atoms with Crippen LogP contribution in [0.1, 0.15) is 20.7 Å². The monoisotopic (exact) mass is 362 g/mol. The van der Waals surface area contributed by atoms with E-state index in [9.17, 15) is 19.7 Å². The molecule has 0 spiro atoms. The fraction of sp³-hybridized carbons (Fsp3) is 0.125. The van der Waals surface area contributed by atoms with Crippen molar-refractivity contribution in [1.29, 1.82) is 0 Å². The number of carbonyl (C=O) groups excluding carboxylic acids is 2. The van der Waals surface area contributed by atoms with Gasteiger partial charge >= 0.3 is 0 Å². The lowest BCUT2D eigenvalue weighted by Crippen LogP contribution is -2.21. The lowest BCUT2D eigenvalue weighted by atomic mass is 10.1. The molecule has 0 saturated heterocycles. The largest absolute Gasteiger partial charge is 0.383 e. The number of anilines is 2. The van der Waals surface area contributed by atoms with Gasteiger partial charge in [0, 0.05) is 30.7 Å². The van der Waals surface area contributed by atoms with Crippen LogP contribution in [-0.2, 0) is 0 Å². The highest BCUT2D eigenvalue weighted by Crippen LogP contribution is 2.26. The Balaban J connectivity index is 2.36. The van der Waals surface area contributed by atoms with Gasteiger partial charge in [-0.15, -0.1) is 0 Å². The first-order valence-corrected chi connectivity index (χ1v) is 7.54. The third-order valence-corrected chi connectivity index (χ3v) is 3.66. The van der Waals surface area contributed by atoms with Crippen molar-refractivity contribution < 1.29 is 14.5 Å². The zero-order chi connectivity index (χ0) is 18.6. The molecule has 25 heavy (non-hydrogen) atoms. The average Bonchev–Trinajstić information content (AvgIpc) is 2.61. The summed E-state index contributed by atoms with van der Waals surface area (Å²) in [7, 11) is 3.00.